The fraction of sp³-hybridized carbons (Fsp3) is 0.867. The second kappa shape index (κ2) is 7.22. The SMILES string of the molecule is CC(CC(=O)NC1(C(=O)O)CCOCC1)C1CCCNC1. The number of carboxylic acid groups (broad SMARTS) is 1. The standard InChI is InChI=1S/C15H26N2O4/c1-11(12-3-2-6-16-10-12)9-13(18)17-15(14(19)20)4-7-21-8-5-15/h11-12,16H,2-10H2,1H3,(H,17,18)(H,19,20). The van der Waals surface area contributed by atoms with E-state index in [-0.39, 0.29) is 11.8 Å². The maximum absolute atomic E-state index is 12.2. The number of aliphatic carboxylic acids is 1. The van der Waals surface area contributed by atoms with Gasteiger partial charge < -0.3 is 20.5 Å². The van der Waals surface area contributed by atoms with E-state index in [1.54, 1.807) is 0 Å². The number of hydrogen-bond donors (Lipinski definition) is 3. The van der Waals surface area contributed by atoms with Gasteiger partial charge in [0.15, 0.2) is 0 Å². The number of carboxylic acids is 1. The molecule has 0 aromatic carbocycles. The smallest absolute Gasteiger partial charge is 0.329 e. The lowest BCUT2D eigenvalue weighted by atomic mass is 9.84. The minimum absolute atomic E-state index is 0.155. The van der Waals surface area contributed by atoms with E-state index in [4.69, 9.17) is 4.74 Å². The van der Waals surface area contributed by atoms with Crippen molar-refractivity contribution in [2.45, 2.75) is 44.6 Å². The van der Waals surface area contributed by atoms with Gasteiger partial charge in [-0.3, -0.25) is 4.79 Å². The molecule has 0 saturated carbocycles. The number of nitrogens with one attached hydrogen (secondary N) is 2. The van der Waals surface area contributed by atoms with Crippen LogP contribution in [-0.4, -0.2) is 48.8 Å². The molecule has 2 heterocycles. The predicted octanol–water partition coefficient (Wildman–Crippen LogP) is 0.762. The Bertz CT molecular complexity index is 374. The van der Waals surface area contributed by atoms with Crippen LogP contribution in [0.2, 0.25) is 0 Å². The molecule has 2 fully saturated rings. The maximum atomic E-state index is 12.2. The molecule has 21 heavy (non-hydrogen) atoms. The summed E-state index contributed by atoms with van der Waals surface area (Å²) < 4.78 is 5.21. The minimum Gasteiger partial charge on any atom is -0.480 e. The molecule has 3 N–H and O–H groups in total. The molecule has 120 valence electrons. The van der Waals surface area contributed by atoms with Gasteiger partial charge in [-0.25, -0.2) is 4.79 Å². The van der Waals surface area contributed by atoms with E-state index in [1.165, 1.54) is 0 Å². The molecule has 0 aromatic rings. The number of carbonyl (C=O) groups excluding carboxylic acids is 1. The number of ether oxygens (including phenoxy) is 1. The van der Waals surface area contributed by atoms with Crippen LogP contribution < -0.4 is 10.6 Å². The zero-order chi connectivity index (χ0) is 15.3. The Hall–Kier alpha value is -1.14. The Morgan fingerprint density at radius 2 is 2.14 bits per heavy atom. The van der Waals surface area contributed by atoms with Crippen LogP contribution in [0.15, 0.2) is 0 Å². The van der Waals surface area contributed by atoms with E-state index < -0.39 is 11.5 Å². The molecule has 2 saturated heterocycles. The molecule has 2 rings (SSSR count). The molecule has 2 unspecified atom stereocenters. The van der Waals surface area contributed by atoms with Gasteiger partial charge in [-0.15, -0.1) is 0 Å². The summed E-state index contributed by atoms with van der Waals surface area (Å²) in [5.41, 5.74) is -1.14. The molecule has 2 atom stereocenters. The molecular weight excluding hydrogens is 272 g/mol. The van der Waals surface area contributed by atoms with E-state index in [2.05, 4.69) is 17.6 Å². The fourth-order valence-electron chi connectivity index (χ4n) is 3.25. The molecule has 6 nitrogen and oxygen atoms in total. The van der Waals surface area contributed by atoms with Crippen LogP contribution in [0.5, 0.6) is 0 Å². The van der Waals surface area contributed by atoms with Crippen molar-refractivity contribution in [1.82, 2.24) is 10.6 Å². The molecule has 6 heteroatoms. The lowest BCUT2D eigenvalue weighted by Crippen LogP contribution is -2.57. The number of piperidine rings is 1. The summed E-state index contributed by atoms with van der Waals surface area (Å²) in [6.45, 7) is 4.85. The lowest BCUT2D eigenvalue weighted by Gasteiger charge is -2.35. The van der Waals surface area contributed by atoms with Gasteiger partial charge in [0.1, 0.15) is 5.54 Å². The van der Waals surface area contributed by atoms with Crippen LogP contribution in [0.25, 0.3) is 0 Å². The van der Waals surface area contributed by atoms with Crippen molar-refractivity contribution in [1.29, 1.82) is 0 Å². The van der Waals surface area contributed by atoms with E-state index in [9.17, 15) is 14.7 Å². The Morgan fingerprint density at radius 3 is 2.71 bits per heavy atom. The Morgan fingerprint density at radius 1 is 1.43 bits per heavy atom. The Labute approximate surface area is 125 Å². The lowest BCUT2D eigenvalue weighted by molar-refractivity contribution is -0.152. The molecule has 1 amide bonds. The Kier molecular flexibility index (Phi) is 5.58. The largest absolute Gasteiger partial charge is 0.480 e. The van der Waals surface area contributed by atoms with Gasteiger partial charge in [0.2, 0.25) is 5.91 Å². The highest BCUT2D eigenvalue weighted by atomic mass is 16.5. The minimum atomic E-state index is -1.14. The van der Waals surface area contributed by atoms with Gasteiger partial charge in [-0.1, -0.05) is 6.92 Å². The van der Waals surface area contributed by atoms with Crippen LogP contribution in [0.3, 0.4) is 0 Å². The first-order chi connectivity index (χ1) is 10.0. The average molecular weight is 298 g/mol. The number of amides is 1. The monoisotopic (exact) mass is 298 g/mol. The molecule has 0 spiro atoms. The first-order valence-corrected chi connectivity index (χ1v) is 7.86. The third kappa shape index (κ3) is 4.17. The third-order valence-corrected chi connectivity index (χ3v) is 4.78. The third-order valence-electron chi connectivity index (χ3n) is 4.78. The van der Waals surface area contributed by atoms with Crippen molar-refractivity contribution in [3.63, 3.8) is 0 Å². The van der Waals surface area contributed by atoms with Gasteiger partial charge in [-0.05, 0) is 37.8 Å². The first-order valence-electron chi connectivity index (χ1n) is 7.86. The summed E-state index contributed by atoms with van der Waals surface area (Å²) in [5, 5.41) is 15.6. The first kappa shape index (κ1) is 16.2. The molecule has 2 aliphatic heterocycles. The molecular formula is C15H26N2O4. The molecule has 0 radical (unpaired) electrons. The normalized spacial score (nSPS) is 26.8. The summed E-state index contributed by atoms with van der Waals surface area (Å²) >= 11 is 0. The van der Waals surface area contributed by atoms with Gasteiger partial charge in [0.25, 0.3) is 0 Å². The number of carbonyl (C=O) groups is 2. The zero-order valence-electron chi connectivity index (χ0n) is 12.7. The van der Waals surface area contributed by atoms with Crippen LogP contribution in [0.1, 0.15) is 39.0 Å². The summed E-state index contributed by atoms with van der Waals surface area (Å²) in [6, 6.07) is 0. The highest BCUT2D eigenvalue weighted by molar-refractivity contribution is 5.87. The molecule has 0 bridgehead atoms. The van der Waals surface area contributed by atoms with Crippen molar-refractivity contribution in [2.75, 3.05) is 26.3 Å². The summed E-state index contributed by atoms with van der Waals surface area (Å²) in [4.78, 5) is 23.8. The van der Waals surface area contributed by atoms with Gasteiger partial charge in [-0.2, -0.15) is 0 Å². The topological polar surface area (TPSA) is 87.7 Å². The summed E-state index contributed by atoms with van der Waals surface area (Å²) in [7, 11) is 0. The molecule has 2 aliphatic rings. The van der Waals surface area contributed by atoms with Crippen molar-refractivity contribution in [2.24, 2.45) is 11.8 Å². The van der Waals surface area contributed by atoms with Crippen molar-refractivity contribution in [3.8, 4) is 0 Å². The number of hydrogen-bond acceptors (Lipinski definition) is 4. The van der Waals surface area contributed by atoms with E-state index in [0.29, 0.717) is 38.4 Å². The second-order valence-electron chi connectivity index (χ2n) is 6.34. The highest BCUT2D eigenvalue weighted by Gasteiger charge is 2.41. The second-order valence-corrected chi connectivity index (χ2v) is 6.34. The predicted molar refractivity (Wildman–Crippen MR) is 77.9 cm³/mol. The van der Waals surface area contributed by atoms with Crippen LogP contribution in [0.4, 0.5) is 0 Å². The fourth-order valence-corrected chi connectivity index (χ4v) is 3.25. The summed E-state index contributed by atoms with van der Waals surface area (Å²) in [6.07, 6.45) is 3.36. The molecule has 0 aromatic heterocycles. The van der Waals surface area contributed by atoms with Gasteiger partial charge >= 0.3 is 5.97 Å². The summed E-state index contributed by atoms with van der Waals surface area (Å²) in [5.74, 6) is -0.341. The van der Waals surface area contributed by atoms with Gasteiger partial charge in [0.05, 0.1) is 0 Å². The zero-order valence-corrected chi connectivity index (χ0v) is 12.7. The van der Waals surface area contributed by atoms with E-state index >= 15 is 0 Å². The van der Waals surface area contributed by atoms with Crippen LogP contribution >= 0.6 is 0 Å². The Balaban J connectivity index is 1.88. The van der Waals surface area contributed by atoms with E-state index in [0.717, 1.165) is 25.9 Å². The molecule has 0 aliphatic carbocycles. The van der Waals surface area contributed by atoms with Crippen LogP contribution in [-0.2, 0) is 14.3 Å². The van der Waals surface area contributed by atoms with Crippen molar-refractivity contribution < 1.29 is 19.4 Å². The number of rotatable bonds is 5. The maximum Gasteiger partial charge on any atom is 0.329 e. The van der Waals surface area contributed by atoms with E-state index in [1.807, 2.05) is 0 Å². The quantitative estimate of drug-likeness (QED) is 0.697. The van der Waals surface area contributed by atoms with Crippen molar-refractivity contribution >= 4 is 11.9 Å². The average Bonchev–Trinajstić information content (AvgIpc) is 2.48. The van der Waals surface area contributed by atoms with Gasteiger partial charge in [0, 0.05) is 32.5 Å². The van der Waals surface area contributed by atoms with Crippen molar-refractivity contribution in [3.05, 3.63) is 0 Å². The highest BCUT2D eigenvalue weighted by Crippen LogP contribution is 2.25. The van der Waals surface area contributed by atoms with Crippen LogP contribution in [0, 0.1) is 11.8 Å².